The summed E-state index contributed by atoms with van der Waals surface area (Å²) in [5, 5.41) is 7.36. The predicted molar refractivity (Wildman–Crippen MR) is 108 cm³/mol. The Morgan fingerprint density at radius 3 is 2.62 bits per heavy atom. The number of methoxy groups -OCH3 is 1. The van der Waals surface area contributed by atoms with Crippen molar-refractivity contribution in [3.63, 3.8) is 0 Å². The summed E-state index contributed by atoms with van der Waals surface area (Å²) in [6, 6.07) is 19.3. The second kappa shape index (κ2) is 8.20. The zero-order valence-electron chi connectivity index (χ0n) is 15.8. The molecule has 0 unspecified atom stereocenters. The van der Waals surface area contributed by atoms with Crippen LogP contribution in [0.2, 0.25) is 0 Å². The number of aromatic nitrogens is 3. The summed E-state index contributed by atoms with van der Waals surface area (Å²) >= 11 is 0. The predicted octanol–water partition coefficient (Wildman–Crippen LogP) is 3.58. The van der Waals surface area contributed by atoms with E-state index in [9.17, 15) is 9.18 Å². The quantitative estimate of drug-likeness (QED) is 0.511. The van der Waals surface area contributed by atoms with Crippen LogP contribution in [0.4, 0.5) is 4.39 Å². The minimum atomic E-state index is -0.400. The largest absolute Gasteiger partial charge is 0.383 e. The molecule has 6 nitrogen and oxygen atoms in total. The first-order chi connectivity index (χ1) is 14.2. The lowest BCUT2D eigenvalue weighted by Crippen LogP contribution is -2.28. The lowest BCUT2D eigenvalue weighted by atomic mass is 10.1. The maximum absolute atomic E-state index is 14.5. The van der Waals surface area contributed by atoms with E-state index in [2.05, 4.69) is 15.4 Å². The van der Waals surface area contributed by atoms with Crippen molar-refractivity contribution in [2.45, 2.75) is 0 Å². The van der Waals surface area contributed by atoms with Crippen molar-refractivity contribution >= 4 is 11.6 Å². The number of nitrogens with one attached hydrogen (secondary N) is 1. The standard InChI is InChI=1S/C22H19FN4O2/c1-29-12-11-24-22(28)19-13-20(16-9-5-6-10-17(16)23)27-21(25-19)14-18(26-27)15-7-3-2-4-8-15/h2-10,13-14H,11-12H2,1H3,(H,24,28). The molecule has 0 aliphatic heterocycles. The lowest BCUT2D eigenvalue weighted by molar-refractivity contribution is 0.0932. The fourth-order valence-electron chi connectivity index (χ4n) is 3.06. The molecule has 4 aromatic rings. The van der Waals surface area contributed by atoms with E-state index >= 15 is 0 Å². The normalized spacial score (nSPS) is 11.0. The average molecular weight is 390 g/mol. The maximum atomic E-state index is 14.5. The molecule has 1 N–H and O–H groups in total. The number of halogens is 1. The molecule has 0 aliphatic carbocycles. The second-order valence-electron chi connectivity index (χ2n) is 6.42. The molecule has 1 amide bonds. The van der Waals surface area contributed by atoms with E-state index in [1.54, 1.807) is 42.0 Å². The summed E-state index contributed by atoms with van der Waals surface area (Å²) in [7, 11) is 1.56. The van der Waals surface area contributed by atoms with Gasteiger partial charge in [-0.05, 0) is 18.2 Å². The van der Waals surface area contributed by atoms with Crippen LogP contribution >= 0.6 is 0 Å². The van der Waals surface area contributed by atoms with Gasteiger partial charge in [0.25, 0.3) is 5.91 Å². The molecule has 0 atom stereocenters. The van der Waals surface area contributed by atoms with Gasteiger partial charge in [-0.3, -0.25) is 4.79 Å². The highest BCUT2D eigenvalue weighted by Crippen LogP contribution is 2.27. The second-order valence-corrected chi connectivity index (χ2v) is 6.42. The van der Waals surface area contributed by atoms with Crippen molar-refractivity contribution in [1.29, 1.82) is 0 Å². The molecule has 146 valence electrons. The molecule has 2 heterocycles. The van der Waals surface area contributed by atoms with Crippen molar-refractivity contribution in [2.24, 2.45) is 0 Å². The zero-order chi connectivity index (χ0) is 20.2. The third-order valence-corrected chi connectivity index (χ3v) is 4.47. The number of hydrogen-bond donors (Lipinski definition) is 1. The van der Waals surface area contributed by atoms with Crippen LogP contribution in [0, 0.1) is 5.82 Å². The minimum Gasteiger partial charge on any atom is -0.383 e. The topological polar surface area (TPSA) is 68.5 Å². The van der Waals surface area contributed by atoms with Crippen molar-refractivity contribution < 1.29 is 13.9 Å². The molecule has 0 bridgehead atoms. The van der Waals surface area contributed by atoms with Crippen molar-refractivity contribution in [2.75, 3.05) is 20.3 Å². The van der Waals surface area contributed by atoms with E-state index in [1.165, 1.54) is 6.07 Å². The van der Waals surface area contributed by atoms with Crippen LogP contribution in [0.5, 0.6) is 0 Å². The Morgan fingerprint density at radius 1 is 1.10 bits per heavy atom. The fraction of sp³-hybridized carbons (Fsp3) is 0.136. The van der Waals surface area contributed by atoms with Gasteiger partial charge in [0, 0.05) is 30.8 Å². The highest BCUT2D eigenvalue weighted by Gasteiger charge is 2.17. The van der Waals surface area contributed by atoms with Gasteiger partial charge in [0.1, 0.15) is 11.5 Å². The van der Waals surface area contributed by atoms with Gasteiger partial charge in [0.15, 0.2) is 5.65 Å². The summed E-state index contributed by atoms with van der Waals surface area (Å²) in [4.78, 5) is 17.0. The summed E-state index contributed by atoms with van der Waals surface area (Å²) in [6.45, 7) is 0.741. The first-order valence-electron chi connectivity index (χ1n) is 9.15. The van der Waals surface area contributed by atoms with Crippen LogP contribution < -0.4 is 5.32 Å². The number of carbonyl (C=O) groups excluding carboxylic acids is 1. The van der Waals surface area contributed by atoms with Gasteiger partial charge in [-0.15, -0.1) is 0 Å². The summed E-state index contributed by atoms with van der Waals surface area (Å²) in [6.07, 6.45) is 0. The van der Waals surface area contributed by atoms with Crippen LogP contribution in [0.15, 0.2) is 66.7 Å². The van der Waals surface area contributed by atoms with Crippen LogP contribution in [0.3, 0.4) is 0 Å². The van der Waals surface area contributed by atoms with Gasteiger partial charge in [-0.25, -0.2) is 13.9 Å². The van der Waals surface area contributed by atoms with Gasteiger partial charge in [0.05, 0.1) is 18.0 Å². The highest BCUT2D eigenvalue weighted by atomic mass is 19.1. The van der Waals surface area contributed by atoms with E-state index in [-0.39, 0.29) is 11.6 Å². The fourth-order valence-corrected chi connectivity index (χ4v) is 3.06. The molecular weight excluding hydrogens is 371 g/mol. The first-order valence-corrected chi connectivity index (χ1v) is 9.15. The van der Waals surface area contributed by atoms with Gasteiger partial charge < -0.3 is 10.1 Å². The zero-order valence-corrected chi connectivity index (χ0v) is 15.8. The molecule has 0 fully saturated rings. The molecule has 0 radical (unpaired) electrons. The number of ether oxygens (including phenoxy) is 1. The minimum absolute atomic E-state index is 0.186. The smallest absolute Gasteiger partial charge is 0.270 e. The van der Waals surface area contributed by atoms with Gasteiger partial charge in [-0.2, -0.15) is 5.10 Å². The molecule has 0 saturated carbocycles. The molecule has 2 aromatic heterocycles. The molecule has 4 rings (SSSR count). The van der Waals surface area contributed by atoms with E-state index in [1.807, 2.05) is 30.3 Å². The van der Waals surface area contributed by atoms with Crippen LogP contribution in [0.1, 0.15) is 10.5 Å². The summed E-state index contributed by atoms with van der Waals surface area (Å²) in [5.74, 6) is -0.757. The Kier molecular flexibility index (Phi) is 5.31. The van der Waals surface area contributed by atoms with Crippen LogP contribution in [-0.4, -0.2) is 40.8 Å². The number of hydrogen-bond acceptors (Lipinski definition) is 4. The number of rotatable bonds is 6. The van der Waals surface area contributed by atoms with E-state index < -0.39 is 5.82 Å². The number of fused-ring (bicyclic) bond motifs is 1. The molecular formula is C22H19FN4O2. The van der Waals surface area contributed by atoms with E-state index in [4.69, 9.17) is 4.74 Å². The van der Waals surface area contributed by atoms with E-state index in [0.717, 1.165) is 5.56 Å². The molecule has 2 aromatic carbocycles. The number of carbonyl (C=O) groups is 1. The number of amides is 1. The third-order valence-electron chi connectivity index (χ3n) is 4.47. The number of nitrogens with zero attached hydrogens (tertiary/aromatic N) is 3. The van der Waals surface area contributed by atoms with Gasteiger partial charge in [-0.1, -0.05) is 42.5 Å². The molecule has 29 heavy (non-hydrogen) atoms. The maximum Gasteiger partial charge on any atom is 0.270 e. The molecule has 7 heteroatoms. The Morgan fingerprint density at radius 2 is 1.86 bits per heavy atom. The van der Waals surface area contributed by atoms with Gasteiger partial charge in [0.2, 0.25) is 0 Å². The van der Waals surface area contributed by atoms with Crippen molar-refractivity contribution in [3.8, 4) is 22.5 Å². The summed E-state index contributed by atoms with van der Waals surface area (Å²) in [5.41, 5.74) is 3.03. The lowest BCUT2D eigenvalue weighted by Gasteiger charge is -2.09. The SMILES string of the molecule is COCCNC(=O)c1cc(-c2ccccc2F)n2nc(-c3ccccc3)cc2n1. The average Bonchev–Trinajstić information content (AvgIpc) is 3.18. The molecule has 0 saturated heterocycles. The summed E-state index contributed by atoms with van der Waals surface area (Å²) < 4.78 is 21.1. The Balaban J connectivity index is 1.86. The molecule has 0 spiro atoms. The Labute approximate surface area is 167 Å². The van der Waals surface area contributed by atoms with Crippen LogP contribution in [-0.2, 0) is 4.74 Å². The highest BCUT2D eigenvalue weighted by molar-refractivity contribution is 5.94. The molecule has 0 aliphatic rings. The number of benzene rings is 2. The first kappa shape index (κ1) is 18.8. The third kappa shape index (κ3) is 3.86. The van der Waals surface area contributed by atoms with Crippen molar-refractivity contribution in [3.05, 3.63) is 78.2 Å². The van der Waals surface area contributed by atoms with E-state index in [0.29, 0.717) is 35.8 Å². The van der Waals surface area contributed by atoms with Crippen LogP contribution in [0.25, 0.3) is 28.2 Å². The Bertz CT molecular complexity index is 1160. The van der Waals surface area contributed by atoms with Gasteiger partial charge >= 0.3 is 0 Å². The Hall–Kier alpha value is -3.58. The monoisotopic (exact) mass is 390 g/mol. The van der Waals surface area contributed by atoms with Crippen molar-refractivity contribution in [1.82, 2.24) is 19.9 Å².